The van der Waals surface area contributed by atoms with E-state index in [1.807, 2.05) is 30.3 Å². The van der Waals surface area contributed by atoms with Crippen LogP contribution in [0.15, 0.2) is 42.5 Å². The van der Waals surface area contributed by atoms with E-state index in [-0.39, 0.29) is 17.1 Å². The van der Waals surface area contributed by atoms with Crippen molar-refractivity contribution in [2.75, 3.05) is 0 Å². The summed E-state index contributed by atoms with van der Waals surface area (Å²) in [6.07, 6.45) is 4.33. The third-order valence-electron chi connectivity index (χ3n) is 3.50. The first-order valence-electron chi connectivity index (χ1n) is 5.81. The lowest BCUT2D eigenvalue weighted by Crippen LogP contribution is -2.30. The minimum Gasteiger partial charge on any atom is -0.294 e. The Kier molecular flexibility index (Phi) is 2.71. The van der Waals surface area contributed by atoms with Gasteiger partial charge >= 0.3 is 0 Å². The van der Waals surface area contributed by atoms with E-state index in [1.54, 1.807) is 0 Å². The molecule has 2 rings (SSSR count). The van der Waals surface area contributed by atoms with E-state index in [4.69, 9.17) is 0 Å². The Morgan fingerprint density at radius 3 is 2.31 bits per heavy atom. The lowest BCUT2D eigenvalue weighted by Gasteiger charge is -2.28. The number of hydrogen-bond donors (Lipinski definition) is 0. The molecule has 0 fully saturated rings. The number of Topliss-reactive ketones (excluding diaryl/α,β-unsaturated/α-hetero) is 1. The highest BCUT2D eigenvalue weighted by molar-refractivity contribution is 5.99. The van der Waals surface area contributed by atoms with Gasteiger partial charge in [0.25, 0.3) is 0 Å². The predicted molar refractivity (Wildman–Crippen MR) is 66.3 cm³/mol. The Hall–Kier alpha value is -1.37. The van der Waals surface area contributed by atoms with Crippen molar-refractivity contribution in [2.24, 2.45) is 17.3 Å². The van der Waals surface area contributed by atoms with Crippen molar-refractivity contribution in [1.82, 2.24) is 0 Å². The lowest BCUT2D eigenvalue weighted by molar-refractivity contribution is 0.0820. The van der Waals surface area contributed by atoms with Crippen LogP contribution in [0.4, 0.5) is 0 Å². The summed E-state index contributed by atoms with van der Waals surface area (Å²) >= 11 is 0. The Morgan fingerprint density at radius 2 is 1.81 bits per heavy atom. The van der Waals surface area contributed by atoms with Crippen molar-refractivity contribution in [2.45, 2.75) is 20.8 Å². The summed E-state index contributed by atoms with van der Waals surface area (Å²) in [5, 5.41) is 0. The van der Waals surface area contributed by atoms with Gasteiger partial charge in [-0.15, -0.1) is 0 Å². The van der Waals surface area contributed by atoms with Crippen molar-refractivity contribution in [1.29, 1.82) is 0 Å². The molecular weight excluding hydrogens is 196 g/mol. The quantitative estimate of drug-likeness (QED) is 0.541. The molecule has 0 unspecified atom stereocenters. The zero-order chi connectivity index (χ0) is 11.8. The summed E-state index contributed by atoms with van der Waals surface area (Å²) < 4.78 is 0. The minimum atomic E-state index is -0.0215. The average Bonchev–Trinajstić information content (AvgIpc) is 2.53. The van der Waals surface area contributed by atoms with Gasteiger partial charge in [-0.2, -0.15) is 0 Å². The van der Waals surface area contributed by atoms with Gasteiger partial charge in [0.2, 0.25) is 0 Å². The van der Waals surface area contributed by atoms with Gasteiger partial charge in [0.15, 0.2) is 5.78 Å². The maximum absolute atomic E-state index is 12.4. The van der Waals surface area contributed by atoms with E-state index < -0.39 is 0 Å². The summed E-state index contributed by atoms with van der Waals surface area (Å²) in [5.41, 5.74) is 0.808. The molecule has 0 saturated carbocycles. The fourth-order valence-corrected chi connectivity index (χ4v) is 2.65. The van der Waals surface area contributed by atoms with Crippen LogP contribution < -0.4 is 0 Å². The van der Waals surface area contributed by atoms with E-state index >= 15 is 0 Å². The summed E-state index contributed by atoms with van der Waals surface area (Å²) in [5.74, 6) is 0.681. The van der Waals surface area contributed by atoms with Crippen molar-refractivity contribution in [3.63, 3.8) is 0 Å². The standard InChI is InChI=1S/C15H18O/c1-11-9-10-15(2,3)13(11)14(16)12-7-5-4-6-8-12/h4-11,13H,1-3H3/t11-,13+/m1/s1. The number of carbonyl (C=O) groups excluding carboxylic acids is 1. The molecule has 0 N–H and O–H groups in total. The molecule has 1 aromatic carbocycles. The van der Waals surface area contributed by atoms with Crippen LogP contribution in [-0.4, -0.2) is 5.78 Å². The number of hydrogen-bond acceptors (Lipinski definition) is 1. The summed E-state index contributed by atoms with van der Waals surface area (Å²) in [4.78, 5) is 12.4. The Morgan fingerprint density at radius 1 is 1.19 bits per heavy atom. The van der Waals surface area contributed by atoms with Crippen molar-refractivity contribution < 1.29 is 4.79 Å². The summed E-state index contributed by atoms with van der Waals surface area (Å²) in [6.45, 7) is 6.40. The molecular formula is C15H18O. The second kappa shape index (κ2) is 3.89. The number of benzene rings is 1. The third-order valence-corrected chi connectivity index (χ3v) is 3.50. The Bertz CT molecular complexity index is 414. The maximum atomic E-state index is 12.4. The monoisotopic (exact) mass is 214 g/mol. The highest BCUT2D eigenvalue weighted by atomic mass is 16.1. The zero-order valence-electron chi connectivity index (χ0n) is 10.1. The van der Waals surface area contributed by atoms with Crippen molar-refractivity contribution >= 4 is 5.78 Å². The summed E-state index contributed by atoms with van der Waals surface area (Å²) in [6, 6.07) is 9.60. The smallest absolute Gasteiger partial charge is 0.167 e. The molecule has 84 valence electrons. The zero-order valence-corrected chi connectivity index (χ0v) is 10.1. The first kappa shape index (κ1) is 11.1. The molecule has 0 bridgehead atoms. The predicted octanol–water partition coefficient (Wildman–Crippen LogP) is 3.72. The lowest BCUT2D eigenvalue weighted by atomic mass is 9.74. The molecule has 1 nitrogen and oxygen atoms in total. The van der Waals surface area contributed by atoms with Gasteiger partial charge in [-0.3, -0.25) is 4.79 Å². The van der Waals surface area contributed by atoms with Crippen molar-refractivity contribution in [3.05, 3.63) is 48.0 Å². The molecule has 0 amide bonds. The van der Waals surface area contributed by atoms with Gasteiger partial charge in [-0.05, 0) is 11.3 Å². The van der Waals surface area contributed by atoms with Gasteiger partial charge in [-0.25, -0.2) is 0 Å². The first-order valence-corrected chi connectivity index (χ1v) is 5.81. The number of ketones is 1. The second-order valence-electron chi connectivity index (χ2n) is 5.25. The molecule has 1 heteroatoms. The second-order valence-corrected chi connectivity index (χ2v) is 5.25. The third kappa shape index (κ3) is 1.82. The molecule has 16 heavy (non-hydrogen) atoms. The number of carbonyl (C=O) groups is 1. The van der Waals surface area contributed by atoms with Crippen LogP contribution in [0.3, 0.4) is 0 Å². The molecule has 0 saturated heterocycles. The van der Waals surface area contributed by atoms with E-state index in [0.717, 1.165) is 5.56 Å². The first-order chi connectivity index (χ1) is 7.52. The molecule has 0 aromatic heterocycles. The van der Waals surface area contributed by atoms with Crippen molar-refractivity contribution in [3.8, 4) is 0 Å². The molecule has 0 radical (unpaired) electrons. The molecule has 1 aliphatic rings. The van der Waals surface area contributed by atoms with Gasteiger partial charge in [0, 0.05) is 11.5 Å². The van der Waals surface area contributed by atoms with Crippen LogP contribution in [-0.2, 0) is 0 Å². The SMILES string of the molecule is C[C@@H]1C=CC(C)(C)[C@@H]1C(=O)c1ccccc1. The number of allylic oxidation sites excluding steroid dienone is 2. The largest absolute Gasteiger partial charge is 0.294 e. The van der Waals surface area contributed by atoms with E-state index in [2.05, 4.69) is 32.9 Å². The Balaban J connectivity index is 2.30. The molecule has 1 aliphatic carbocycles. The van der Waals surface area contributed by atoms with E-state index in [0.29, 0.717) is 5.92 Å². The van der Waals surface area contributed by atoms with Crippen LogP contribution in [0.2, 0.25) is 0 Å². The molecule has 1 aromatic rings. The van der Waals surface area contributed by atoms with Gasteiger partial charge < -0.3 is 0 Å². The van der Waals surface area contributed by atoms with Crippen LogP contribution in [0, 0.1) is 17.3 Å². The van der Waals surface area contributed by atoms with Gasteiger partial charge in [0.1, 0.15) is 0 Å². The minimum absolute atomic E-state index is 0.0215. The topological polar surface area (TPSA) is 17.1 Å². The highest BCUT2D eigenvalue weighted by Gasteiger charge is 2.40. The van der Waals surface area contributed by atoms with Crippen LogP contribution in [0.1, 0.15) is 31.1 Å². The molecule has 0 heterocycles. The molecule has 2 atom stereocenters. The fraction of sp³-hybridized carbons (Fsp3) is 0.400. The Labute approximate surface area is 97.2 Å². The summed E-state index contributed by atoms with van der Waals surface area (Å²) in [7, 11) is 0. The van der Waals surface area contributed by atoms with Gasteiger partial charge in [-0.1, -0.05) is 63.3 Å². The highest BCUT2D eigenvalue weighted by Crippen LogP contribution is 2.42. The molecule has 0 spiro atoms. The van der Waals surface area contributed by atoms with E-state index in [1.165, 1.54) is 0 Å². The normalized spacial score (nSPS) is 26.9. The fourth-order valence-electron chi connectivity index (χ4n) is 2.65. The van der Waals surface area contributed by atoms with E-state index in [9.17, 15) is 4.79 Å². The number of rotatable bonds is 2. The van der Waals surface area contributed by atoms with Crippen LogP contribution in [0.25, 0.3) is 0 Å². The van der Waals surface area contributed by atoms with Crippen LogP contribution in [0.5, 0.6) is 0 Å². The maximum Gasteiger partial charge on any atom is 0.167 e. The van der Waals surface area contributed by atoms with Gasteiger partial charge in [0.05, 0.1) is 0 Å². The average molecular weight is 214 g/mol. The van der Waals surface area contributed by atoms with Crippen LogP contribution >= 0.6 is 0 Å². The molecule has 0 aliphatic heterocycles.